The zero-order valence-electron chi connectivity index (χ0n) is 13.4. The Hall–Kier alpha value is -0.590. The molecule has 1 rings (SSSR count). The molecular weight excluding hydrogens is 234 g/mol. The van der Waals surface area contributed by atoms with Crippen LogP contribution in [0.5, 0.6) is 0 Å². The van der Waals surface area contributed by atoms with E-state index in [4.69, 9.17) is 0 Å². The van der Waals surface area contributed by atoms with Gasteiger partial charge in [0.15, 0.2) is 0 Å². The largest absolute Gasteiger partial charge is 0.303 e. The van der Waals surface area contributed by atoms with Crippen molar-refractivity contribution in [2.24, 2.45) is 11.3 Å². The Bertz CT molecular complexity index is 305. The predicted molar refractivity (Wildman–Crippen MR) is 80.9 cm³/mol. The SMILES string of the molecule is CCNC(C)(C#N)CCN1CCC(C(C)(C)C)CC1. The van der Waals surface area contributed by atoms with Crippen molar-refractivity contribution in [2.45, 2.75) is 59.4 Å². The summed E-state index contributed by atoms with van der Waals surface area (Å²) in [5.74, 6) is 0.847. The van der Waals surface area contributed by atoms with Crippen molar-refractivity contribution < 1.29 is 0 Å². The number of rotatable bonds is 5. The minimum atomic E-state index is -0.365. The molecule has 0 bridgehead atoms. The summed E-state index contributed by atoms with van der Waals surface area (Å²) in [5.41, 5.74) is 0.0760. The van der Waals surface area contributed by atoms with Crippen LogP contribution in [-0.4, -0.2) is 36.6 Å². The van der Waals surface area contributed by atoms with Crippen LogP contribution in [0.3, 0.4) is 0 Å². The molecule has 3 heteroatoms. The second-order valence-corrected chi connectivity index (χ2v) is 7.21. The van der Waals surface area contributed by atoms with Crippen LogP contribution < -0.4 is 5.32 Å². The van der Waals surface area contributed by atoms with Gasteiger partial charge in [0.2, 0.25) is 0 Å². The zero-order chi connectivity index (χ0) is 14.5. The Morgan fingerprint density at radius 2 is 1.79 bits per heavy atom. The van der Waals surface area contributed by atoms with Crippen LogP contribution in [0, 0.1) is 22.7 Å². The number of nitrogens with zero attached hydrogens (tertiary/aromatic N) is 2. The number of nitriles is 1. The predicted octanol–water partition coefficient (Wildman–Crippen LogP) is 3.03. The summed E-state index contributed by atoms with van der Waals surface area (Å²) in [6.07, 6.45) is 3.51. The third kappa shape index (κ3) is 5.12. The van der Waals surface area contributed by atoms with E-state index in [1.54, 1.807) is 0 Å². The molecule has 1 unspecified atom stereocenters. The summed E-state index contributed by atoms with van der Waals surface area (Å²) in [5, 5.41) is 12.6. The van der Waals surface area contributed by atoms with E-state index in [0.717, 1.165) is 25.4 Å². The van der Waals surface area contributed by atoms with E-state index in [0.29, 0.717) is 5.41 Å². The maximum Gasteiger partial charge on any atom is 0.105 e. The molecule has 3 nitrogen and oxygen atoms in total. The first kappa shape index (κ1) is 16.5. The monoisotopic (exact) mass is 265 g/mol. The van der Waals surface area contributed by atoms with Crippen molar-refractivity contribution in [1.29, 1.82) is 5.26 Å². The van der Waals surface area contributed by atoms with Gasteiger partial charge in [0.05, 0.1) is 6.07 Å². The first-order valence-electron chi connectivity index (χ1n) is 7.69. The highest BCUT2D eigenvalue weighted by atomic mass is 15.1. The molecule has 1 aliphatic heterocycles. The molecule has 0 aliphatic carbocycles. The van der Waals surface area contributed by atoms with Crippen LogP contribution in [-0.2, 0) is 0 Å². The summed E-state index contributed by atoms with van der Waals surface area (Å²) in [7, 11) is 0. The van der Waals surface area contributed by atoms with E-state index >= 15 is 0 Å². The van der Waals surface area contributed by atoms with Gasteiger partial charge in [-0.3, -0.25) is 5.32 Å². The second kappa shape index (κ2) is 6.72. The fourth-order valence-corrected chi connectivity index (χ4v) is 2.98. The molecule has 1 atom stereocenters. The van der Waals surface area contributed by atoms with Crippen molar-refractivity contribution in [1.82, 2.24) is 10.2 Å². The smallest absolute Gasteiger partial charge is 0.105 e. The number of nitrogens with one attached hydrogen (secondary N) is 1. The maximum absolute atomic E-state index is 9.26. The van der Waals surface area contributed by atoms with Gasteiger partial charge in [0.1, 0.15) is 5.54 Å². The van der Waals surface area contributed by atoms with Crippen molar-refractivity contribution in [3.8, 4) is 6.07 Å². The van der Waals surface area contributed by atoms with Gasteiger partial charge in [-0.2, -0.15) is 5.26 Å². The minimum absolute atomic E-state index is 0.365. The molecule has 1 saturated heterocycles. The second-order valence-electron chi connectivity index (χ2n) is 7.21. The third-order valence-electron chi connectivity index (χ3n) is 4.55. The summed E-state index contributed by atoms with van der Waals surface area (Å²) in [6.45, 7) is 15.4. The van der Waals surface area contributed by atoms with Gasteiger partial charge in [-0.15, -0.1) is 0 Å². The molecule has 0 aromatic rings. The molecule has 0 saturated carbocycles. The summed E-state index contributed by atoms with van der Waals surface area (Å²) < 4.78 is 0. The Morgan fingerprint density at radius 1 is 1.21 bits per heavy atom. The Balaban J connectivity index is 2.36. The molecule has 0 spiro atoms. The molecule has 0 aromatic carbocycles. The van der Waals surface area contributed by atoms with Crippen LogP contribution in [0.15, 0.2) is 0 Å². The number of hydrogen-bond donors (Lipinski definition) is 1. The molecule has 110 valence electrons. The number of hydrogen-bond acceptors (Lipinski definition) is 3. The Morgan fingerprint density at radius 3 is 2.21 bits per heavy atom. The normalized spacial score (nSPS) is 21.9. The molecule has 0 amide bonds. The molecule has 19 heavy (non-hydrogen) atoms. The van der Waals surface area contributed by atoms with Crippen molar-refractivity contribution in [3.63, 3.8) is 0 Å². The first-order chi connectivity index (χ1) is 8.80. The van der Waals surface area contributed by atoms with E-state index in [2.05, 4.69) is 44.0 Å². The van der Waals surface area contributed by atoms with Crippen LogP contribution in [0.2, 0.25) is 0 Å². The highest BCUT2D eigenvalue weighted by molar-refractivity contribution is 5.03. The quantitative estimate of drug-likeness (QED) is 0.830. The van der Waals surface area contributed by atoms with Crippen molar-refractivity contribution in [2.75, 3.05) is 26.2 Å². The third-order valence-corrected chi connectivity index (χ3v) is 4.55. The molecule has 1 heterocycles. The average Bonchev–Trinajstić information content (AvgIpc) is 2.36. The van der Waals surface area contributed by atoms with Crippen molar-refractivity contribution in [3.05, 3.63) is 0 Å². The van der Waals surface area contributed by atoms with E-state index < -0.39 is 0 Å². The van der Waals surface area contributed by atoms with Gasteiger partial charge in [-0.25, -0.2) is 0 Å². The highest BCUT2D eigenvalue weighted by Crippen LogP contribution is 2.34. The fourth-order valence-electron chi connectivity index (χ4n) is 2.98. The van der Waals surface area contributed by atoms with E-state index in [1.807, 2.05) is 6.92 Å². The molecular formula is C16H31N3. The van der Waals surface area contributed by atoms with Crippen LogP contribution in [0.25, 0.3) is 0 Å². The standard InChI is InChI=1S/C16H31N3/c1-6-18-16(5,13-17)9-12-19-10-7-14(8-11-19)15(2,3)4/h14,18H,6-12H2,1-5H3. The maximum atomic E-state index is 9.26. The lowest BCUT2D eigenvalue weighted by Crippen LogP contribution is -2.45. The van der Waals surface area contributed by atoms with Gasteiger partial charge in [-0.05, 0) is 57.2 Å². The van der Waals surface area contributed by atoms with Crippen LogP contribution >= 0.6 is 0 Å². The average molecular weight is 265 g/mol. The first-order valence-corrected chi connectivity index (χ1v) is 7.69. The van der Waals surface area contributed by atoms with E-state index in [1.165, 1.54) is 25.9 Å². The lowest BCUT2D eigenvalue weighted by atomic mass is 9.75. The van der Waals surface area contributed by atoms with Gasteiger partial charge < -0.3 is 4.90 Å². The number of piperidine rings is 1. The summed E-state index contributed by atoms with van der Waals surface area (Å²) in [6, 6.07) is 2.41. The Labute approximate surface area is 119 Å². The van der Waals surface area contributed by atoms with E-state index in [9.17, 15) is 5.26 Å². The van der Waals surface area contributed by atoms with Gasteiger partial charge >= 0.3 is 0 Å². The highest BCUT2D eigenvalue weighted by Gasteiger charge is 2.30. The van der Waals surface area contributed by atoms with Crippen molar-refractivity contribution >= 4 is 0 Å². The van der Waals surface area contributed by atoms with Gasteiger partial charge in [0.25, 0.3) is 0 Å². The molecule has 1 N–H and O–H groups in total. The minimum Gasteiger partial charge on any atom is -0.303 e. The van der Waals surface area contributed by atoms with Gasteiger partial charge in [-0.1, -0.05) is 27.7 Å². The molecule has 1 aliphatic rings. The zero-order valence-corrected chi connectivity index (χ0v) is 13.4. The fraction of sp³-hybridized carbons (Fsp3) is 0.938. The Kier molecular flexibility index (Phi) is 5.82. The lowest BCUT2D eigenvalue weighted by Gasteiger charge is -2.39. The van der Waals surface area contributed by atoms with Crippen LogP contribution in [0.1, 0.15) is 53.9 Å². The molecule has 0 aromatic heterocycles. The summed E-state index contributed by atoms with van der Waals surface area (Å²) in [4.78, 5) is 2.52. The molecule has 0 radical (unpaired) electrons. The van der Waals surface area contributed by atoms with Gasteiger partial charge in [0, 0.05) is 6.54 Å². The topological polar surface area (TPSA) is 39.1 Å². The summed E-state index contributed by atoms with van der Waals surface area (Å²) >= 11 is 0. The van der Waals surface area contributed by atoms with Crippen LogP contribution in [0.4, 0.5) is 0 Å². The molecule has 1 fully saturated rings. The number of likely N-dealkylation sites (tertiary alicyclic amines) is 1. The van der Waals surface area contributed by atoms with E-state index in [-0.39, 0.29) is 5.54 Å². The lowest BCUT2D eigenvalue weighted by molar-refractivity contribution is 0.107.